The first kappa shape index (κ1) is 19.4. The van der Waals surface area contributed by atoms with Crippen LogP contribution >= 0.6 is 0 Å². The van der Waals surface area contributed by atoms with E-state index in [4.69, 9.17) is 4.74 Å². The Morgan fingerprint density at radius 3 is 2.46 bits per heavy atom. The zero-order valence-corrected chi connectivity index (χ0v) is 14.6. The Labute approximate surface area is 151 Å². The maximum Gasteiger partial charge on any atom is 0.277 e. The second-order valence-electron chi connectivity index (χ2n) is 6.26. The van der Waals surface area contributed by atoms with E-state index in [0.717, 1.165) is 0 Å². The minimum absolute atomic E-state index is 0.0425. The molecule has 26 heavy (non-hydrogen) atoms. The lowest BCUT2D eigenvalue weighted by atomic mass is 10.2. The number of quaternary nitrogens is 1. The van der Waals surface area contributed by atoms with E-state index in [9.17, 15) is 20.3 Å². The summed E-state index contributed by atoms with van der Waals surface area (Å²) in [6.07, 6.45) is -0.868. The smallest absolute Gasteiger partial charge is 0.277 e. The van der Waals surface area contributed by atoms with E-state index in [1.807, 2.05) is 18.2 Å². The number of ether oxygens (including phenoxy) is 1. The van der Waals surface area contributed by atoms with E-state index in [0.29, 0.717) is 5.75 Å². The molecule has 1 unspecified atom stereocenters. The Hall–Kier alpha value is -2.97. The van der Waals surface area contributed by atoms with Crippen molar-refractivity contribution in [2.75, 3.05) is 27.2 Å². The van der Waals surface area contributed by atoms with Crippen molar-refractivity contribution in [3.63, 3.8) is 0 Å². The highest BCUT2D eigenvalue weighted by Crippen LogP contribution is 2.18. The molecule has 0 heterocycles. The number of rotatable bonds is 8. The molecule has 0 bridgehead atoms. The molecule has 0 aliphatic carbocycles. The zero-order valence-electron chi connectivity index (χ0n) is 14.6. The lowest BCUT2D eigenvalue weighted by Gasteiger charge is -2.27. The van der Waals surface area contributed by atoms with Gasteiger partial charge in [0, 0.05) is 6.07 Å². The molecule has 0 fully saturated rings. The molecular formula is C18H21N3O5. The first-order valence-corrected chi connectivity index (χ1v) is 7.98. The minimum atomic E-state index is -0.868. The Kier molecular flexibility index (Phi) is 6.26. The van der Waals surface area contributed by atoms with E-state index in [1.54, 1.807) is 26.2 Å². The minimum Gasteiger partial charge on any atom is -0.854 e. The third-order valence-electron chi connectivity index (χ3n) is 3.54. The quantitative estimate of drug-likeness (QED) is 0.250. The third-order valence-corrected chi connectivity index (χ3v) is 3.54. The van der Waals surface area contributed by atoms with Gasteiger partial charge in [0.15, 0.2) is 0 Å². The summed E-state index contributed by atoms with van der Waals surface area (Å²) in [6.45, 7) is 0.153. The number of aliphatic hydroxyl groups excluding tert-OH is 1. The Morgan fingerprint density at radius 1 is 1.19 bits per heavy atom. The van der Waals surface area contributed by atoms with Gasteiger partial charge in [0.1, 0.15) is 25.0 Å². The molecule has 0 radical (unpaired) electrons. The van der Waals surface area contributed by atoms with Crippen molar-refractivity contribution >= 4 is 11.6 Å². The summed E-state index contributed by atoms with van der Waals surface area (Å²) in [4.78, 5) is 10.4. The fourth-order valence-electron chi connectivity index (χ4n) is 2.43. The van der Waals surface area contributed by atoms with Gasteiger partial charge in [0.25, 0.3) is 5.69 Å². The molecule has 138 valence electrons. The summed E-state index contributed by atoms with van der Waals surface area (Å²) in [6, 6.07) is 14.7. The van der Waals surface area contributed by atoms with Crippen molar-refractivity contribution in [1.82, 2.24) is 0 Å². The molecule has 0 saturated carbocycles. The number of hydrogen-bond donors (Lipinski definition) is 1. The largest absolute Gasteiger partial charge is 0.854 e. The SMILES string of the molecule is C[N+](C)(CC(O)COc1ccccc1)/N=C(\[O-])c1ccccc1[N+](=O)[O-]. The number of nitro groups is 1. The first-order chi connectivity index (χ1) is 12.3. The van der Waals surface area contributed by atoms with Gasteiger partial charge < -0.3 is 14.9 Å². The second kappa shape index (κ2) is 8.41. The lowest BCUT2D eigenvalue weighted by molar-refractivity contribution is -0.901. The van der Waals surface area contributed by atoms with Gasteiger partial charge in [0.05, 0.1) is 30.5 Å². The molecule has 1 atom stereocenters. The Balaban J connectivity index is 2.04. The van der Waals surface area contributed by atoms with Crippen LogP contribution in [0.15, 0.2) is 59.7 Å². The molecule has 0 saturated heterocycles. The number of aliphatic hydroxyl groups is 1. The predicted molar refractivity (Wildman–Crippen MR) is 94.6 cm³/mol. The van der Waals surface area contributed by atoms with Crippen molar-refractivity contribution in [3.05, 3.63) is 70.3 Å². The number of benzene rings is 2. The van der Waals surface area contributed by atoms with Crippen molar-refractivity contribution in [2.45, 2.75) is 6.10 Å². The summed E-state index contributed by atoms with van der Waals surface area (Å²) < 4.78 is 5.29. The second-order valence-corrected chi connectivity index (χ2v) is 6.26. The van der Waals surface area contributed by atoms with Crippen LogP contribution in [0.25, 0.3) is 0 Å². The Bertz CT molecular complexity index is 777. The van der Waals surface area contributed by atoms with Gasteiger partial charge in [0.2, 0.25) is 0 Å². The fraction of sp³-hybridized carbons (Fsp3) is 0.278. The summed E-state index contributed by atoms with van der Waals surface area (Å²) in [7, 11) is 3.25. The van der Waals surface area contributed by atoms with E-state index in [1.165, 1.54) is 24.3 Å². The monoisotopic (exact) mass is 359 g/mol. The maximum atomic E-state index is 12.3. The van der Waals surface area contributed by atoms with Crippen molar-refractivity contribution in [3.8, 4) is 5.75 Å². The van der Waals surface area contributed by atoms with E-state index in [-0.39, 0.29) is 29.0 Å². The highest BCUT2D eigenvalue weighted by Gasteiger charge is 2.22. The number of para-hydroxylation sites is 2. The summed E-state index contributed by atoms with van der Waals surface area (Å²) in [5.74, 6) is -0.0803. The van der Waals surface area contributed by atoms with Crippen LogP contribution in [0, 0.1) is 10.1 Å². The van der Waals surface area contributed by atoms with Crippen LogP contribution < -0.4 is 9.84 Å². The highest BCUT2D eigenvalue weighted by atomic mass is 16.6. The predicted octanol–water partition coefficient (Wildman–Crippen LogP) is 1.13. The fourth-order valence-corrected chi connectivity index (χ4v) is 2.43. The molecule has 0 aliphatic heterocycles. The molecular weight excluding hydrogens is 338 g/mol. The van der Waals surface area contributed by atoms with Gasteiger partial charge in [-0.25, -0.2) is 4.59 Å². The Morgan fingerprint density at radius 2 is 1.81 bits per heavy atom. The molecule has 0 spiro atoms. The van der Waals surface area contributed by atoms with Crippen LogP contribution in [0.2, 0.25) is 0 Å². The average Bonchev–Trinajstić information content (AvgIpc) is 2.60. The van der Waals surface area contributed by atoms with Crippen LogP contribution in [0.5, 0.6) is 5.75 Å². The molecule has 8 nitrogen and oxygen atoms in total. The highest BCUT2D eigenvalue weighted by molar-refractivity contribution is 5.94. The molecule has 1 N–H and O–H groups in total. The van der Waals surface area contributed by atoms with Gasteiger partial charge in [-0.3, -0.25) is 10.1 Å². The number of likely N-dealkylation sites (N-methyl/N-ethyl adjacent to an activating group) is 1. The third kappa shape index (κ3) is 5.54. The molecule has 0 aliphatic rings. The van der Waals surface area contributed by atoms with Crippen molar-refractivity contribution in [2.24, 2.45) is 5.10 Å². The summed E-state index contributed by atoms with van der Waals surface area (Å²) >= 11 is 0. The zero-order chi connectivity index (χ0) is 19.2. The standard InChI is InChI=1S/C18H21N3O5/c1-21(2,12-14(22)13-26-15-8-4-3-5-9-15)19-18(23)16-10-6-7-11-17(16)20(24)25/h3-11,14,22H,12-13H2,1-2H3. The normalized spacial score (nSPS) is 13.3. The van der Waals surface area contributed by atoms with E-state index < -0.39 is 16.9 Å². The molecule has 2 aromatic rings. The van der Waals surface area contributed by atoms with Crippen molar-refractivity contribution in [1.29, 1.82) is 0 Å². The van der Waals surface area contributed by atoms with Gasteiger partial charge in [-0.1, -0.05) is 35.4 Å². The number of nitro benzene ring substituents is 1. The van der Waals surface area contributed by atoms with Crippen molar-refractivity contribution < 1.29 is 24.5 Å². The molecule has 0 amide bonds. The number of hydrogen-bond acceptors (Lipinski definition) is 6. The molecule has 2 rings (SSSR count). The van der Waals surface area contributed by atoms with Crippen LogP contribution in [0.1, 0.15) is 5.56 Å². The van der Waals surface area contributed by atoms with E-state index >= 15 is 0 Å². The van der Waals surface area contributed by atoms with Crippen LogP contribution in [0.3, 0.4) is 0 Å². The topological polar surface area (TPSA) is 108 Å². The summed E-state index contributed by atoms with van der Waals surface area (Å²) in [5.41, 5.74) is -0.382. The lowest BCUT2D eigenvalue weighted by Crippen LogP contribution is -2.44. The van der Waals surface area contributed by atoms with Gasteiger partial charge in [-0.15, -0.1) is 0 Å². The average molecular weight is 359 g/mol. The molecule has 0 aromatic heterocycles. The molecule has 2 aromatic carbocycles. The maximum absolute atomic E-state index is 12.3. The molecule has 8 heteroatoms. The summed E-state index contributed by atoms with van der Waals surface area (Å²) in [5, 5.41) is 37.5. The van der Waals surface area contributed by atoms with Crippen LogP contribution in [-0.4, -0.2) is 53.9 Å². The van der Waals surface area contributed by atoms with E-state index in [2.05, 4.69) is 5.10 Å². The van der Waals surface area contributed by atoms with Crippen LogP contribution in [0.4, 0.5) is 5.69 Å². The first-order valence-electron chi connectivity index (χ1n) is 7.98. The number of nitrogens with zero attached hydrogens (tertiary/aromatic N) is 3. The van der Waals surface area contributed by atoms with Gasteiger partial charge in [-0.2, -0.15) is 0 Å². The van der Waals surface area contributed by atoms with Crippen LogP contribution in [-0.2, 0) is 0 Å². The van der Waals surface area contributed by atoms with Gasteiger partial charge in [-0.05, 0) is 18.2 Å². The van der Waals surface area contributed by atoms with Gasteiger partial charge >= 0.3 is 0 Å².